The number of ether oxygens (including phenoxy) is 2. The highest BCUT2D eigenvalue weighted by Crippen LogP contribution is 2.45. The minimum atomic E-state index is -3.63. The van der Waals surface area contributed by atoms with Gasteiger partial charge in [-0.2, -0.15) is 4.98 Å². The molecule has 5 rings (SSSR count). The minimum Gasteiger partial charge on any atom is -0.382 e. The Balaban J connectivity index is 1.18. The van der Waals surface area contributed by atoms with Gasteiger partial charge in [0, 0.05) is 6.54 Å². The van der Waals surface area contributed by atoms with E-state index >= 15 is 0 Å². The Labute approximate surface area is 226 Å². The van der Waals surface area contributed by atoms with E-state index in [1.807, 2.05) is 0 Å². The van der Waals surface area contributed by atoms with E-state index in [1.165, 1.54) is 6.33 Å². The molecule has 20 heteroatoms. The highest BCUT2D eigenvalue weighted by Gasteiger charge is 2.30. The molecule has 6 N–H and O–H groups in total. The lowest BCUT2D eigenvalue weighted by atomic mass is 10.2. The van der Waals surface area contributed by atoms with Crippen molar-refractivity contribution in [1.82, 2.24) is 39.0 Å². The van der Waals surface area contributed by atoms with Crippen LogP contribution < -0.4 is 17.0 Å². The topological polar surface area (TPSA) is 233 Å². The van der Waals surface area contributed by atoms with Crippen LogP contribution in [0.5, 0.6) is 0 Å². The molecule has 1 aliphatic rings. The molecule has 1 fully saturated rings. The summed E-state index contributed by atoms with van der Waals surface area (Å²) < 4.78 is 36.4. The van der Waals surface area contributed by atoms with Crippen LogP contribution in [0, 0.1) is 0 Å². The van der Waals surface area contributed by atoms with Crippen molar-refractivity contribution in [3.8, 4) is 0 Å². The van der Waals surface area contributed by atoms with Crippen LogP contribution in [0.25, 0.3) is 22.3 Å². The Bertz CT molecular complexity index is 1610. The van der Waals surface area contributed by atoms with Crippen LogP contribution in [0.2, 0.25) is 0 Å². The summed E-state index contributed by atoms with van der Waals surface area (Å²) in [5.41, 5.74) is 12.3. The lowest BCUT2D eigenvalue weighted by Crippen LogP contribution is -2.17. The summed E-state index contributed by atoms with van der Waals surface area (Å²) in [4.78, 5) is 46.0. The molecule has 0 aromatic carbocycles. The largest absolute Gasteiger partial charge is 0.382 e. The molecular formula is C19H24N10O7P2S. The maximum atomic E-state index is 12.2. The van der Waals surface area contributed by atoms with E-state index in [2.05, 4.69) is 29.9 Å². The fourth-order valence-corrected chi connectivity index (χ4v) is 5.46. The van der Waals surface area contributed by atoms with Crippen LogP contribution in [0.4, 0.5) is 11.8 Å². The van der Waals surface area contributed by atoms with Crippen LogP contribution >= 0.6 is 15.2 Å². The zero-order valence-corrected chi connectivity index (χ0v) is 22.8. The Hall–Kier alpha value is -2.95. The number of nitrogens with zero attached hydrogens (tertiary/aromatic N) is 7. The molecule has 2 unspecified atom stereocenters. The normalized spacial score (nSPS) is 19.3. The van der Waals surface area contributed by atoms with E-state index in [1.54, 1.807) is 15.5 Å². The van der Waals surface area contributed by atoms with Gasteiger partial charge in [0.25, 0.3) is 5.56 Å². The van der Waals surface area contributed by atoms with Crippen molar-refractivity contribution >= 4 is 61.1 Å². The highest BCUT2D eigenvalue weighted by molar-refractivity contribution is 8.07. The summed E-state index contributed by atoms with van der Waals surface area (Å²) >= 11 is 5.16. The summed E-state index contributed by atoms with van der Waals surface area (Å²) in [7, 11) is -0.197. The number of nitrogens with one attached hydrogen (secondary N) is 1. The van der Waals surface area contributed by atoms with Gasteiger partial charge in [-0.05, 0) is 24.6 Å². The quantitative estimate of drug-likeness (QED) is 0.130. The number of anilines is 2. The molecule has 17 nitrogen and oxygen atoms in total. The predicted molar refractivity (Wildman–Crippen MR) is 141 cm³/mol. The number of H-pyrrole nitrogens is 1. The fraction of sp³-hybridized carbons (Fsp3) is 0.474. The second-order valence-corrected chi connectivity index (χ2v) is 11.7. The number of hydrogen-bond acceptors (Lipinski definition) is 14. The monoisotopic (exact) mass is 598 g/mol. The average molecular weight is 598 g/mol. The summed E-state index contributed by atoms with van der Waals surface area (Å²) in [6, 6.07) is 0. The van der Waals surface area contributed by atoms with E-state index < -0.39 is 12.3 Å². The smallest absolute Gasteiger partial charge is 0.324 e. The molecule has 4 aromatic rings. The zero-order valence-electron chi connectivity index (χ0n) is 20.2. The van der Waals surface area contributed by atoms with Crippen molar-refractivity contribution in [3.63, 3.8) is 0 Å². The van der Waals surface area contributed by atoms with Gasteiger partial charge in [0.05, 0.1) is 25.6 Å². The Kier molecular flexibility index (Phi) is 8.25. The van der Waals surface area contributed by atoms with Gasteiger partial charge in [-0.1, -0.05) is 0 Å². The molecule has 0 bridgehead atoms. The number of hydrogen-bond donors (Lipinski definition) is 4. The second-order valence-electron chi connectivity index (χ2n) is 8.38. The first kappa shape index (κ1) is 27.6. The molecule has 0 aliphatic carbocycles. The Morgan fingerprint density at radius 1 is 1.21 bits per heavy atom. The Morgan fingerprint density at radius 3 is 2.87 bits per heavy atom. The van der Waals surface area contributed by atoms with Crippen LogP contribution in [-0.4, -0.2) is 69.6 Å². The first-order valence-corrected chi connectivity index (χ1v) is 15.2. The van der Waals surface area contributed by atoms with Crippen molar-refractivity contribution in [1.29, 1.82) is 0 Å². The van der Waals surface area contributed by atoms with E-state index in [0.29, 0.717) is 29.8 Å². The van der Waals surface area contributed by atoms with E-state index in [-0.39, 0.29) is 76.4 Å². The predicted octanol–water partition coefficient (Wildman–Crippen LogP) is 0.817. The third-order valence-electron chi connectivity index (χ3n) is 5.85. The van der Waals surface area contributed by atoms with Crippen LogP contribution in [0.15, 0.2) is 17.4 Å². The maximum absolute atomic E-state index is 12.2. The fourth-order valence-electron chi connectivity index (χ4n) is 4.15. The van der Waals surface area contributed by atoms with Gasteiger partial charge in [0.2, 0.25) is 5.95 Å². The third-order valence-corrected chi connectivity index (χ3v) is 7.76. The van der Waals surface area contributed by atoms with Gasteiger partial charge in [-0.15, -0.1) is 0 Å². The van der Waals surface area contributed by atoms with E-state index in [4.69, 9.17) is 41.8 Å². The lowest BCUT2D eigenvalue weighted by Gasteiger charge is -2.19. The molecule has 1 saturated heterocycles. The van der Waals surface area contributed by atoms with Crippen LogP contribution in [0.1, 0.15) is 24.9 Å². The first-order valence-electron chi connectivity index (χ1n) is 11.6. The zero-order chi connectivity index (χ0) is 27.6. The summed E-state index contributed by atoms with van der Waals surface area (Å²) in [5, 5.41) is 0. The third kappa shape index (κ3) is 6.13. The van der Waals surface area contributed by atoms with E-state index in [9.17, 15) is 14.3 Å². The number of rotatable bonds is 12. The molecule has 4 aromatic heterocycles. The molecule has 0 radical (unpaired) electrons. The number of nitrogens with two attached hydrogens (primary N) is 2. The van der Waals surface area contributed by atoms with Crippen molar-refractivity contribution in [3.05, 3.63) is 28.8 Å². The van der Waals surface area contributed by atoms with Crippen molar-refractivity contribution in [2.24, 2.45) is 0 Å². The van der Waals surface area contributed by atoms with Gasteiger partial charge in [0.1, 0.15) is 36.9 Å². The number of fused-ring (bicyclic) bond motifs is 2. The molecule has 0 amide bonds. The van der Waals surface area contributed by atoms with Gasteiger partial charge < -0.3 is 39.4 Å². The average Bonchev–Trinajstić information content (AvgIpc) is 3.61. The molecule has 0 spiro atoms. The molecule has 5 heterocycles. The number of aromatic nitrogens is 8. The molecule has 208 valence electrons. The minimum absolute atomic E-state index is 0.0169. The summed E-state index contributed by atoms with van der Waals surface area (Å²) in [5.74, 6) is 0.522. The molecule has 3 atom stereocenters. The van der Waals surface area contributed by atoms with Gasteiger partial charge in [-0.3, -0.25) is 18.9 Å². The van der Waals surface area contributed by atoms with Crippen molar-refractivity contribution < 1.29 is 28.0 Å². The molecule has 39 heavy (non-hydrogen) atoms. The standard InChI is InChI=1S/C19H24N10O7P2S/c20-15-13-16(23-7-22-15)29(8-24-13)12-2-1-10(36-12)5-35-38(32,39)34-4-3-28-11(6-33-9-37-31)25-14-17(28)26-19(21)27-18(14)30/h7-8,10,12H,1-6,9H2,(H,32,39)(H2,20,22,23)(H3,21,26,27,30)/t10-,12?,38?/m0/s1. The van der Waals surface area contributed by atoms with Crippen molar-refractivity contribution in [2.45, 2.75) is 38.3 Å². The van der Waals surface area contributed by atoms with Crippen LogP contribution in [-0.2, 0) is 48.0 Å². The number of nitrogen functional groups attached to an aromatic ring is 2. The summed E-state index contributed by atoms with van der Waals surface area (Å²) in [6.07, 6.45) is 3.54. The molecule has 0 saturated carbocycles. The summed E-state index contributed by atoms with van der Waals surface area (Å²) in [6.45, 7) is -3.64. The number of aromatic amines is 1. The molecular weight excluding hydrogens is 574 g/mol. The first-order chi connectivity index (χ1) is 18.8. The van der Waals surface area contributed by atoms with E-state index in [0.717, 1.165) is 0 Å². The number of imidazole rings is 2. The highest BCUT2D eigenvalue weighted by atomic mass is 32.5. The Morgan fingerprint density at radius 2 is 2.05 bits per heavy atom. The SMILES string of the molecule is Nc1nc2c(nc(COCP=O)n2CCOP(O)(=S)OC[C@@H]2CCC(n3cnc4c(N)ncnc43)O2)c(=O)[nH]1. The van der Waals surface area contributed by atoms with Gasteiger partial charge in [-0.25, -0.2) is 19.9 Å². The lowest BCUT2D eigenvalue weighted by molar-refractivity contribution is -0.0190. The second kappa shape index (κ2) is 11.7. The van der Waals surface area contributed by atoms with Crippen molar-refractivity contribution in [2.75, 3.05) is 31.0 Å². The van der Waals surface area contributed by atoms with Crippen LogP contribution in [0.3, 0.4) is 0 Å². The van der Waals surface area contributed by atoms with Gasteiger partial charge in [0.15, 0.2) is 31.1 Å². The van der Waals surface area contributed by atoms with Gasteiger partial charge >= 0.3 is 6.72 Å². The molecule has 1 aliphatic heterocycles. The maximum Gasteiger partial charge on any atom is 0.324 e.